The predicted octanol–water partition coefficient (Wildman–Crippen LogP) is 3.92. The number of ether oxygens (including phenoxy) is 1. The van der Waals surface area contributed by atoms with E-state index >= 15 is 0 Å². The zero-order chi connectivity index (χ0) is 12.7. The second-order valence-corrected chi connectivity index (χ2v) is 4.56. The van der Waals surface area contributed by atoms with Crippen LogP contribution in [0.25, 0.3) is 0 Å². The number of methoxy groups -OCH3 is 1. The summed E-state index contributed by atoms with van der Waals surface area (Å²) in [6.45, 7) is 6.70. The highest BCUT2D eigenvalue weighted by molar-refractivity contribution is 5.28. The van der Waals surface area contributed by atoms with Gasteiger partial charge in [-0.25, -0.2) is 0 Å². The van der Waals surface area contributed by atoms with Crippen LogP contribution in [0, 0.1) is 0 Å². The fourth-order valence-electron chi connectivity index (χ4n) is 2.10. The summed E-state index contributed by atoms with van der Waals surface area (Å²) in [5.41, 5.74) is 1.32. The van der Waals surface area contributed by atoms with E-state index in [1.165, 1.54) is 24.8 Å². The van der Waals surface area contributed by atoms with Crippen molar-refractivity contribution in [1.82, 2.24) is 5.32 Å². The number of rotatable bonds is 7. The standard InChI is InChI=1S/C15H25NO/c1-5-7-14(6-2)16-12(3)13-8-10-15(17-4)11-9-13/h8-12,14,16H,5-7H2,1-4H3/t12-,14?/m0/s1. The first-order chi connectivity index (χ1) is 8.21. The van der Waals surface area contributed by atoms with Crippen LogP contribution in [-0.4, -0.2) is 13.2 Å². The minimum Gasteiger partial charge on any atom is -0.497 e. The predicted molar refractivity (Wildman–Crippen MR) is 73.5 cm³/mol. The molecule has 1 unspecified atom stereocenters. The molecule has 0 fully saturated rings. The molecule has 2 nitrogen and oxygen atoms in total. The first kappa shape index (κ1) is 14.0. The van der Waals surface area contributed by atoms with Crippen molar-refractivity contribution in [2.24, 2.45) is 0 Å². The normalized spacial score (nSPS) is 14.4. The van der Waals surface area contributed by atoms with Gasteiger partial charge in [0.2, 0.25) is 0 Å². The van der Waals surface area contributed by atoms with Crippen molar-refractivity contribution < 1.29 is 4.74 Å². The minimum absolute atomic E-state index is 0.400. The fourth-order valence-corrected chi connectivity index (χ4v) is 2.10. The van der Waals surface area contributed by atoms with Crippen LogP contribution in [-0.2, 0) is 0 Å². The van der Waals surface area contributed by atoms with Crippen molar-refractivity contribution >= 4 is 0 Å². The lowest BCUT2D eigenvalue weighted by Crippen LogP contribution is -2.30. The molecular weight excluding hydrogens is 210 g/mol. The van der Waals surface area contributed by atoms with Crippen LogP contribution < -0.4 is 10.1 Å². The Bertz CT molecular complexity index is 307. The lowest BCUT2D eigenvalue weighted by molar-refractivity contribution is 0.410. The average molecular weight is 235 g/mol. The molecule has 0 aliphatic rings. The van der Waals surface area contributed by atoms with Crippen molar-refractivity contribution in [3.05, 3.63) is 29.8 Å². The molecule has 2 heteroatoms. The summed E-state index contributed by atoms with van der Waals surface area (Å²) in [7, 11) is 1.70. The summed E-state index contributed by atoms with van der Waals surface area (Å²) in [5, 5.41) is 3.68. The number of hydrogen-bond acceptors (Lipinski definition) is 2. The van der Waals surface area contributed by atoms with Gasteiger partial charge in [0.05, 0.1) is 7.11 Å². The molecule has 0 saturated heterocycles. The molecule has 0 bridgehead atoms. The van der Waals surface area contributed by atoms with Crippen LogP contribution in [0.1, 0.15) is 51.6 Å². The Morgan fingerprint density at radius 1 is 1.18 bits per heavy atom. The molecule has 2 atom stereocenters. The van der Waals surface area contributed by atoms with E-state index in [-0.39, 0.29) is 0 Å². The van der Waals surface area contributed by atoms with Crippen LogP contribution in [0.3, 0.4) is 0 Å². The highest BCUT2D eigenvalue weighted by Gasteiger charge is 2.10. The highest BCUT2D eigenvalue weighted by atomic mass is 16.5. The van der Waals surface area contributed by atoms with E-state index in [4.69, 9.17) is 4.74 Å². The van der Waals surface area contributed by atoms with Gasteiger partial charge in [-0.2, -0.15) is 0 Å². The topological polar surface area (TPSA) is 21.3 Å². The average Bonchev–Trinajstić information content (AvgIpc) is 2.38. The number of hydrogen-bond donors (Lipinski definition) is 1. The highest BCUT2D eigenvalue weighted by Crippen LogP contribution is 2.18. The Morgan fingerprint density at radius 2 is 1.82 bits per heavy atom. The third kappa shape index (κ3) is 4.39. The molecule has 0 radical (unpaired) electrons. The molecule has 96 valence electrons. The van der Waals surface area contributed by atoms with Crippen molar-refractivity contribution in [1.29, 1.82) is 0 Å². The van der Waals surface area contributed by atoms with Crippen LogP contribution in [0.5, 0.6) is 5.75 Å². The van der Waals surface area contributed by atoms with Gasteiger partial charge < -0.3 is 10.1 Å². The van der Waals surface area contributed by atoms with Gasteiger partial charge in [-0.1, -0.05) is 32.4 Å². The second kappa shape index (κ2) is 7.33. The van der Waals surface area contributed by atoms with Crippen molar-refractivity contribution in [3.8, 4) is 5.75 Å². The largest absolute Gasteiger partial charge is 0.497 e. The molecule has 1 aromatic rings. The Kier molecular flexibility index (Phi) is 6.06. The van der Waals surface area contributed by atoms with E-state index < -0.39 is 0 Å². The van der Waals surface area contributed by atoms with E-state index in [1.807, 2.05) is 12.1 Å². The smallest absolute Gasteiger partial charge is 0.118 e. The Balaban J connectivity index is 2.58. The van der Waals surface area contributed by atoms with Crippen molar-refractivity contribution in [2.45, 2.75) is 52.1 Å². The molecule has 0 aliphatic carbocycles. The molecule has 0 spiro atoms. The third-order valence-electron chi connectivity index (χ3n) is 3.23. The van der Waals surface area contributed by atoms with Gasteiger partial charge >= 0.3 is 0 Å². The SMILES string of the molecule is CCCC(CC)N[C@@H](C)c1ccc(OC)cc1. The van der Waals surface area contributed by atoms with Gasteiger partial charge in [-0.15, -0.1) is 0 Å². The van der Waals surface area contributed by atoms with Gasteiger partial charge in [0, 0.05) is 12.1 Å². The minimum atomic E-state index is 0.400. The summed E-state index contributed by atoms with van der Waals surface area (Å²) in [6.07, 6.45) is 3.67. The summed E-state index contributed by atoms with van der Waals surface area (Å²) < 4.78 is 5.17. The van der Waals surface area contributed by atoms with Crippen molar-refractivity contribution in [3.63, 3.8) is 0 Å². The Hall–Kier alpha value is -1.02. The molecule has 0 amide bonds. The molecule has 0 aromatic heterocycles. The molecule has 0 saturated carbocycles. The summed E-state index contributed by atoms with van der Waals surface area (Å²) in [6, 6.07) is 9.34. The maximum Gasteiger partial charge on any atom is 0.118 e. The maximum absolute atomic E-state index is 5.17. The monoisotopic (exact) mass is 235 g/mol. The molecular formula is C15H25NO. The van der Waals surface area contributed by atoms with Crippen LogP contribution in [0.2, 0.25) is 0 Å². The van der Waals surface area contributed by atoms with E-state index in [9.17, 15) is 0 Å². The molecule has 17 heavy (non-hydrogen) atoms. The van der Waals surface area contributed by atoms with Gasteiger partial charge in [0.1, 0.15) is 5.75 Å². The van der Waals surface area contributed by atoms with E-state index in [1.54, 1.807) is 7.11 Å². The maximum atomic E-state index is 5.17. The quantitative estimate of drug-likeness (QED) is 0.773. The summed E-state index contributed by atoms with van der Waals surface area (Å²) in [4.78, 5) is 0. The molecule has 1 aromatic carbocycles. The first-order valence-corrected chi connectivity index (χ1v) is 6.61. The van der Waals surface area contributed by atoms with Gasteiger partial charge in [0.25, 0.3) is 0 Å². The van der Waals surface area contributed by atoms with Crippen LogP contribution in [0.15, 0.2) is 24.3 Å². The summed E-state index contributed by atoms with van der Waals surface area (Å²) >= 11 is 0. The van der Waals surface area contributed by atoms with E-state index in [0.29, 0.717) is 12.1 Å². The number of nitrogens with one attached hydrogen (secondary N) is 1. The molecule has 0 heterocycles. The molecule has 1 N–H and O–H groups in total. The zero-order valence-electron chi connectivity index (χ0n) is 11.5. The first-order valence-electron chi connectivity index (χ1n) is 6.61. The summed E-state index contributed by atoms with van der Waals surface area (Å²) in [5.74, 6) is 0.918. The Labute approximate surface area is 105 Å². The van der Waals surface area contributed by atoms with Crippen LogP contribution >= 0.6 is 0 Å². The number of benzene rings is 1. The van der Waals surface area contributed by atoms with E-state index in [2.05, 4.69) is 38.2 Å². The lowest BCUT2D eigenvalue weighted by atomic mass is 10.0. The van der Waals surface area contributed by atoms with E-state index in [0.717, 1.165) is 5.75 Å². The van der Waals surface area contributed by atoms with Crippen LogP contribution in [0.4, 0.5) is 0 Å². The van der Waals surface area contributed by atoms with Gasteiger partial charge in [-0.05, 0) is 37.5 Å². The second-order valence-electron chi connectivity index (χ2n) is 4.56. The third-order valence-corrected chi connectivity index (χ3v) is 3.23. The Morgan fingerprint density at radius 3 is 2.29 bits per heavy atom. The van der Waals surface area contributed by atoms with Gasteiger partial charge in [-0.3, -0.25) is 0 Å². The van der Waals surface area contributed by atoms with Crippen molar-refractivity contribution in [2.75, 3.05) is 7.11 Å². The molecule has 0 aliphatic heterocycles. The van der Waals surface area contributed by atoms with Gasteiger partial charge in [0.15, 0.2) is 0 Å². The fraction of sp³-hybridized carbons (Fsp3) is 0.600. The lowest BCUT2D eigenvalue weighted by Gasteiger charge is -2.22. The zero-order valence-corrected chi connectivity index (χ0v) is 11.5. The molecule has 1 rings (SSSR count).